The van der Waals surface area contributed by atoms with Gasteiger partial charge in [-0.15, -0.1) is 11.3 Å². The number of hydrogen-bond donors (Lipinski definition) is 2. The quantitative estimate of drug-likeness (QED) is 0.854. The molecule has 2 aromatic rings. The number of hydrogen-bond acceptors (Lipinski definition) is 4. The average Bonchev–Trinajstić information content (AvgIpc) is 2.84. The molecule has 0 spiro atoms. The molecule has 2 rings (SSSR count). The van der Waals surface area contributed by atoms with Gasteiger partial charge in [-0.1, -0.05) is 29.8 Å². The zero-order chi connectivity index (χ0) is 16.8. The van der Waals surface area contributed by atoms with Crippen molar-refractivity contribution >= 4 is 17.4 Å². The number of carbonyl (C=O) groups is 1. The molecule has 0 unspecified atom stereocenters. The molecule has 1 heterocycles. The maximum absolute atomic E-state index is 12.4. The number of carbonyl (C=O) groups excluding carboxylic acids is 1. The highest BCUT2D eigenvalue weighted by Gasteiger charge is 2.14. The fraction of sp³-hybridized carbons (Fsp3) is 0.412. The number of nitrogens with one attached hydrogen (secondary N) is 1. The summed E-state index contributed by atoms with van der Waals surface area (Å²) in [4.78, 5) is 19.5. The third-order valence-corrected chi connectivity index (χ3v) is 4.49. The van der Waals surface area contributed by atoms with Crippen molar-refractivity contribution in [1.82, 2.24) is 15.2 Å². The van der Waals surface area contributed by atoms with E-state index < -0.39 is 0 Å². The van der Waals surface area contributed by atoms with Gasteiger partial charge < -0.3 is 15.3 Å². The van der Waals surface area contributed by atoms with Gasteiger partial charge in [-0.05, 0) is 26.3 Å². The summed E-state index contributed by atoms with van der Waals surface area (Å²) in [5.74, 6) is 0. The van der Waals surface area contributed by atoms with Crippen molar-refractivity contribution in [2.45, 2.75) is 33.9 Å². The van der Waals surface area contributed by atoms with Crippen LogP contribution < -0.4 is 5.32 Å². The summed E-state index contributed by atoms with van der Waals surface area (Å²) in [7, 11) is 0. The summed E-state index contributed by atoms with van der Waals surface area (Å²) in [6.45, 7) is 7.11. The number of aliphatic hydroxyl groups is 1. The van der Waals surface area contributed by atoms with Crippen LogP contribution in [0, 0.1) is 20.8 Å². The van der Waals surface area contributed by atoms with E-state index in [0.29, 0.717) is 19.6 Å². The Labute approximate surface area is 141 Å². The Hall–Kier alpha value is -1.92. The minimum absolute atomic E-state index is 0.0614. The Morgan fingerprint density at radius 3 is 2.52 bits per heavy atom. The van der Waals surface area contributed by atoms with E-state index in [-0.39, 0.29) is 12.6 Å². The lowest BCUT2D eigenvalue weighted by Gasteiger charge is -2.22. The van der Waals surface area contributed by atoms with Gasteiger partial charge in [-0.25, -0.2) is 9.78 Å². The third-order valence-electron chi connectivity index (χ3n) is 3.56. The molecule has 0 fully saturated rings. The molecule has 23 heavy (non-hydrogen) atoms. The minimum atomic E-state index is -0.190. The molecule has 2 amide bonds. The van der Waals surface area contributed by atoms with Gasteiger partial charge in [-0.3, -0.25) is 0 Å². The second kappa shape index (κ2) is 8.08. The first kappa shape index (κ1) is 17.4. The smallest absolute Gasteiger partial charge is 0.318 e. The molecule has 6 heteroatoms. The predicted octanol–water partition coefficient (Wildman–Crippen LogP) is 2.77. The van der Waals surface area contributed by atoms with Gasteiger partial charge in [0.2, 0.25) is 0 Å². The maximum atomic E-state index is 12.4. The number of thiazole rings is 1. The summed E-state index contributed by atoms with van der Waals surface area (Å²) in [6, 6.07) is 7.85. The zero-order valence-electron chi connectivity index (χ0n) is 13.8. The highest BCUT2D eigenvalue weighted by molar-refractivity contribution is 7.11. The number of aliphatic hydroxyl groups excluding tert-OH is 1. The first-order valence-corrected chi connectivity index (χ1v) is 8.43. The monoisotopic (exact) mass is 333 g/mol. The van der Waals surface area contributed by atoms with Crippen molar-refractivity contribution in [3.05, 3.63) is 51.0 Å². The van der Waals surface area contributed by atoms with E-state index in [1.165, 1.54) is 5.56 Å². The SMILES string of the molecule is Cc1ccc(CN(CCO)C(=O)NCc2nc(C)sc2C)cc1. The van der Waals surface area contributed by atoms with Crippen LogP contribution in [0.1, 0.15) is 26.7 Å². The van der Waals surface area contributed by atoms with Crippen LogP contribution in [-0.4, -0.2) is 34.2 Å². The van der Waals surface area contributed by atoms with Gasteiger partial charge >= 0.3 is 6.03 Å². The molecule has 0 bridgehead atoms. The molecule has 0 saturated heterocycles. The molecule has 1 aromatic heterocycles. The Kier molecular flexibility index (Phi) is 6.12. The van der Waals surface area contributed by atoms with Gasteiger partial charge in [0.25, 0.3) is 0 Å². The largest absolute Gasteiger partial charge is 0.395 e. The number of rotatable bonds is 6. The molecule has 0 aliphatic carbocycles. The molecule has 5 nitrogen and oxygen atoms in total. The average molecular weight is 333 g/mol. The Morgan fingerprint density at radius 2 is 1.96 bits per heavy atom. The van der Waals surface area contributed by atoms with E-state index in [1.807, 2.05) is 45.0 Å². The minimum Gasteiger partial charge on any atom is -0.395 e. The lowest BCUT2D eigenvalue weighted by molar-refractivity contribution is 0.173. The highest BCUT2D eigenvalue weighted by atomic mass is 32.1. The van der Waals surface area contributed by atoms with E-state index in [4.69, 9.17) is 0 Å². The third kappa shape index (κ3) is 5.04. The lowest BCUT2D eigenvalue weighted by atomic mass is 10.1. The summed E-state index contributed by atoms with van der Waals surface area (Å²) in [5.41, 5.74) is 3.13. The van der Waals surface area contributed by atoms with Crippen LogP contribution in [-0.2, 0) is 13.1 Å². The standard InChI is InChI=1S/C17H23N3O2S/c1-12-4-6-15(7-5-12)11-20(8-9-21)17(22)18-10-16-13(2)23-14(3)19-16/h4-7,21H,8-11H2,1-3H3,(H,18,22). The normalized spacial score (nSPS) is 10.6. The molecular weight excluding hydrogens is 310 g/mol. The summed E-state index contributed by atoms with van der Waals surface area (Å²) in [5, 5.41) is 13.1. The summed E-state index contributed by atoms with van der Waals surface area (Å²) >= 11 is 1.63. The molecule has 0 atom stereocenters. The van der Waals surface area contributed by atoms with Gasteiger partial charge in [0.05, 0.1) is 23.9 Å². The predicted molar refractivity (Wildman–Crippen MR) is 92.5 cm³/mol. The second-order valence-electron chi connectivity index (χ2n) is 5.53. The van der Waals surface area contributed by atoms with Crippen molar-refractivity contribution in [1.29, 1.82) is 0 Å². The van der Waals surface area contributed by atoms with Crippen LogP contribution in [0.3, 0.4) is 0 Å². The lowest BCUT2D eigenvalue weighted by Crippen LogP contribution is -2.40. The number of aryl methyl sites for hydroxylation is 3. The molecule has 124 valence electrons. The van der Waals surface area contributed by atoms with Gasteiger partial charge in [-0.2, -0.15) is 0 Å². The van der Waals surface area contributed by atoms with Crippen LogP contribution in [0.15, 0.2) is 24.3 Å². The fourth-order valence-corrected chi connectivity index (χ4v) is 3.13. The summed E-state index contributed by atoms with van der Waals surface area (Å²) < 4.78 is 0. The van der Waals surface area contributed by atoms with Crippen molar-refractivity contribution in [3.63, 3.8) is 0 Å². The number of aromatic nitrogens is 1. The van der Waals surface area contributed by atoms with Gasteiger partial charge in [0.1, 0.15) is 0 Å². The second-order valence-corrected chi connectivity index (χ2v) is 6.93. The van der Waals surface area contributed by atoms with Gasteiger partial charge in [0, 0.05) is 18.0 Å². The number of urea groups is 1. The molecule has 0 aliphatic rings. The van der Waals surface area contributed by atoms with Crippen molar-refractivity contribution in [2.24, 2.45) is 0 Å². The van der Waals surface area contributed by atoms with E-state index >= 15 is 0 Å². The van der Waals surface area contributed by atoms with Crippen molar-refractivity contribution < 1.29 is 9.90 Å². The first-order chi connectivity index (χ1) is 11.0. The van der Waals surface area contributed by atoms with Crippen LogP contribution in [0.25, 0.3) is 0 Å². The van der Waals surface area contributed by atoms with E-state index in [1.54, 1.807) is 16.2 Å². The number of benzene rings is 1. The first-order valence-electron chi connectivity index (χ1n) is 7.61. The molecule has 0 radical (unpaired) electrons. The fourth-order valence-electron chi connectivity index (χ4n) is 2.29. The van der Waals surface area contributed by atoms with Crippen LogP contribution >= 0.6 is 11.3 Å². The van der Waals surface area contributed by atoms with Crippen LogP contribution in [0.4, 0.5) is 4.79 Å². The zero-order valence-corrected chi connectivity index (χ0v) is 14.6. The van der Waals surface area contributed by atoms with Gasteiger partial charge in [0.15, 0.2) is 0 Å². The van der Waals surface area contributed by atoms with E-state index in [2.05, 4.69) is 10.3 Å². The van der Waals surface area contributed by atoms with Crippen molar-refractivity contribution in [2.75, 3.05) is 13.2 Å². The Morgan fingerprint density at radius 1 is 1.26 bits per heavy atom. The molecule has 2 N–H and O–H groups in total. The Balaban J connectivity index is 1.97. The van der Waals surface area contributed by atoms with E-state index in [9.17, 15) is 9.90 Å². The maximum Gasteiger partial charge on any atom is 0.318 e. The van der Waals surface area contributed by atoms with Crippen LogP contribution in [0.5, 0.6) is 0 Å². The summed E-state index contributed by atoms with van der Waals surface area (Å²) in [6.07, 6.45) is 0. The highest BCUT2D eigenvalue weighted by Crippen LogP contribution is 2.16. The molecular formula is C17H23N3O2S. The van der Waals surface area contributed by atoms with Crippen molar-refractivity contribution in [3.8, 4) is 0 Å². The van der Waals surface area contributed by atoms with E-state index in [0.717, 1.165) is 21.1 Å². The molecule has 1 aromatic carbocycles. The molecule has 0 saturated carbocycles. The number of amides is 2. The number of nitrogens with zero attached hydrogens (tertiary/aromatic N) is 2. The Bertz CT molecular complexity index is 652. The molecule has 0 aliphatic heterocycles. The van der Waals surface area contributed by atoms with Crippen LogP contribution in [0.2, 0.25) is 0 Å². The topological polar surface area (TPSA) is 65.5 Å².